The predicted molar refractivity (Wildman–Crippen MR) is 112 cm³/mol. The van der Waals surface area contributed by atoms with Crippen LogP contribution in [-0.4, -0.2) is 77.0 Å². The number of hydrogen-bond acceptors (Lipinski definition) is 6. The molecule has 174 valence electrons. The largest absolute Gasteiger partial charge is 0.444 e. The molecule has 3 amide bonds. The van der Waals surface area contributed by atoms with E-state index in [4.69, 9.17) is 4.74 Å². The molecule has 0 saturated carbocycles. The Morgan fingerprint density at radius 3 is 1.57 bits per heavy atom. The quantitative estimate of drug-likeness (QED) is 0.450. The van der Waals surface area contributed by atoms with Gasteiger partial charge in [0.2, 0.25) is 11.8 Å². The second-order valence-electron chi connectivity index (χ2n) is 9.51. The van der Waals surface area contributed by atoms with Crippen LogP contribution in [0.15, 0.2) is 0 Å². The molecule has 0 aliphatic carbocycles. The lowest BCUT2D eigenvalue weighted by molar-refractivity contribution is -0.134. The van der Waals surface area contributed by atoms with Crippen LogP contribution in [0, 0.1) is 23.7 Å². The fourth-order valence-corrected chi connectivity index (χ4v) is 3.07. The summed E-state index contributed by atoms with van der Waals surface area (Å²) in [6.45, 7) is 12.5. The first-order valence-corrected chi connectivity index (χ1v) is 10.6. The van der Waals surface area contributed by atoms with Crippen LogP contribution in [0.3, 0.4) is 0 Å². The Balaban J connectivity index is 2.99. The molecule has 0 aromatic heterocycles. The summed E-state index contributed by atoms with van der Waals surface area (Å²) in [7, 11) is 0. The van der Waals surface area contributed by atoms with Gasteiger partial charge in [0.15, 0.2) is 0 Å². The molecule has 0 aromatic rings. The summed E-state index contributed by atoms with van der Waals surface area (Å²) in [6.07, 6.45) is -0.566. The Morgan fingerprint density at radius 1 is 0.900 bits per heavy atom. The Kier molecular flexibility index (Phi) is 9.55. The van der Waals surface area contributed by atoms with E-state index in [2.05, 4.69) is 10.6 Å². The van der Waals surface area contributed by atoms with Gasteiger partial charge in [-0.05, 0) is 46.5 Å². The van der Waals surface area contributed by atoms with Crippen LogP contribution in [0.5, 0.6) is 0 Å². The minimum absolute atomic E-state index is 0.0724. The van der Waals surface area contributed by atoms with Gasteiger partial charge in [-0.25, -0.2) is 4.79 Å². The number of aliphatic hydroxyl groups excluding tert-OH is 2. The van der Waals surface area contributed by atoms with Crippen molar-refractivity contribution in [3.63, 3.8) is 0 Å². The fraction of sp³-hybridized carbons (Fsp3) is 0.857. The maximum absolute atomic E-state index is 12.9. The van der Waals surface area contributed by atoms with Gasteiger partial charge in [-0.15, -0.1) is 0 Å². The topological polar surface area (TPSA) is 128 Å². The van der Waals surface area contributed by atoms with Gasteiger partial charge in [-0.1, -0.05) is 13.8 Å². The molecule has 30 heavy (non-hydrogen) atoms. The fourth-order valence-electron chi connectivity index (χ4n) is 3.07. The third kappa shape index (κ3) is 7.43. The Morgan fingerprint density at radius 2 is 1.27 bits per heavy atom. The van der Waals surface area contributed by atoms with E-state index in [1.165, 1.54) is 4.90 Å². The van der Waals surface area contributed by atoms with E-state index in [0.29, 0.717) is 0 Å². The van der Waals surface area contributed by atoms with Crippen LogP contribution in [0.25, 0.3) is 0 Å². The average Bonchev–Trinajstić information content (AvgIpc) is 3.11. The minimum Gasteiger partial charge on any atom is -0.444 e. The second kappa shape index (κ2) is 10.9. The molecule has 1 fully saturated rings. The number of likely N-dealkylation sites (tertiary alicyclic amines) is 1. The van der Waals surface area contributed by atoms with Crippen LogP contribution in [-0.2, 0) is 14.3 Å². The molecule has 0 unspecified atom stereocenters. The number of carbonyl (C=O) groups is 3. The van der Waals surface area contributed by atoms with Crippen molar-refractivity contribution in [2.75, 3.05) is 26.3 Å². The van der Waals surface area contributed by atoms with E-state index >= 15 is 0 Å². The first-order valence-electron chi connectivity index (χ1n) is 10.6. The molecule has 1 rings (SSSR count). The summed E-state index contributed by atoms with van der Waals surface area (Å²) in [4.78, 5) is 39.8. The molecule has 0 aromatic carbocycles. The van der Waals surface area contributed by atoms with Crippen molar-refractivity contribution in [2.45, 2.75) is 66.2 Å². The van der Waals surface area contributed by atoms with Crippen molar-refractivity contribution < 1.29 is 29.3 Å². The van der Waals surface area contributed by atoms with Gasteiger partial charge in [0, 0.05) is 38.4 Å². The number of hydrogen-bond donors (Lipinski definition) is 4. The number of rotatable bonds is 8. The molecule has 0 bridgehead atoms. The standard InChI is InChI=1S/C21H39N3O6/c1-12(10-25)14(3)22-18(27)16-8-24(20(29)30-21(5,6)7)9-17(16)19(28)23-15(4)13(2)11-26/h12-17,25-26H,8-11H2,1-7H3,(H,22,27)(H,23,28)/t12-,13-,14+,15+,16+,17+/m1/s1. The average molecular weight is 430 g/mol. The zero-order valence-corrected chi connectivity index (χ0v) is 19.3. The van der Waals surface area contributed by atoms with Crippen molar-refractivity contribution >= 4 is 17.9 Å². The first kappa shape index (κ1) is 26.2. The maximum Gasteiger partial charge on any atom is 0.410 e. The van der Waals surface area contributed by atoms with E-state index in [-0.39, 0.29) is 62.0 Å². The van der Waals surface area contributed by atoms with Crippen LogP contribution >= 0.6 is 0 Å². The molecule has 9 heteroatoms. The SMILES string of the molecule is C[C@H](CO)[C@H](C)NC(=O)[C@H]1CN(C(=O)OC(C)(C)C)C[C@@H]1C(=O)N[C@@H](C)[C@H](C)CO. The minimum atomic E-state index is -0.734. The summed E-state index contributed by atoms with van der Waals surface area (Å²) >= 11 is 0. The highest BCUT2D eigenvalue weighted by atomic mass is 16.6. The second-order valence-corrected chi connectivity index (χ2v) is 9.51. The Hall–Kier alpha value is -1.87. The van der Waals surface area contributed by atoms with Crippen molar-refractivity contribution in [3.8, 4) is 0 Å². The number of aliphatic hydroxyl groups is 2. The maximum atomic E-state index is 12.9. The molecule has 0 radical (unpaired) electrons. The third-order valence-electron chi connectivity index (χ3n) is 5.67. The normalized spacial score (nSPS) is 23.3. The molecule has 9 nitrogen and oxygen atoms in total. The van der Waals surface area contributed by atoms with E-state index < -0.39 is 23.5 Å². The molecular weight excluding hydrogens is 390 g/mol. The van der Waals surface area contributed by atoms with Gasteiger partial charge in [0.25, 0.3) is 0 Å². The van der Waals surface area contributed by atoms with E-state index in [1.807, 2.05) is 13.8 Å². The van der Waals surface area contributed by atoms with Gasteiger partial charge in [-0.3, -0.25) is 9.59 Å². The zero-order chi connectivity index (χ0) is 23.2. The van der Waals surface area contributed by atoms with Crippen molar-refractivity contribution in [1.29, 1.82) is 0 Å². The summed E-state index contributed by atoms with van der Waals surface area (Å²) in [6, 6.07) is -0.565. The van der Waals surface area contributed by atoms with Crippen LogP contribution in [0.2, 0.25) is 0 Å². The number of carbonyl (C=O) groups excluding carboxylic acids is 3. The van der Waals surface area contributed by atoms with Crippen LogP contribution in [0.1, 0.15) is 48.5 Å². The number of amides is 3. The highest BCUT2D eigenvalue weighted by molar-refractivity contribution is 5.90. The molecule has 1 aliphatic rings. The van der Waals surface area contributed by atoms with E-state index in [0.717, 1.165) is 0 Å². The number of ether oxygens (including phenoxy) is 1. The van der Waals surface area contributed by atoms with Gasteiger partial charge in [-0.2, -0.15) is 0 Å². The molecule has 1 saturated heterocycles. The molecule has 1 heterocycles. The smallest absolute Gasteiger partial charge is 0.410 e. The van der Waals surface area contributed by atoms with Gasteiger partial charge in [0.05, 0.1) is 11.8 Å². The molecular formula is C21H39N3O6. The van der Waals surface area contributed by atoms with Gasteiger partial charge < -0.3 is 30.5 Å². The lowest BCUT2D eigenvalue weighted by Gasteiger charge is -2.25. The first-order chi connectivity index (χ1) is 13.8. The van der Waals surface area contributed by atoms with Crippen LogP contribution < -0.4 is 10.6 Å². The number of nitrogens with one attached hydrogen (secondary N) is 2. The van der Waals surface area contributed by atoms with Crippen LogP contribution in [0.4, 0.5) is 4.79 Å². The van der Waals surface area contributed by atoms with Crippen molar-refractivity contribution in [3.05, 3.63) is 0 Å². The summed E-state index contributed by atoms with van der Waals surface area (Å²) < 4.78 is 5.41. The van der Waals surface area contributed by atoms with Gasteiger partial charge >= 0.3 is 6.09 Å². The van der Waals surface area contributed by atoms with Crippen molar-refractivity contribution in [2.24, 2.45) is 23.7 Å². The monoisotopic (exact) mass is 429 g/mol. The van der Waals surface area contributed by atoms with Crippen molar-refractivity contribution in [1.82, 2.24) is 15.5 Å². The summed E-state index contributed by atoms with van der Waals surface area (Å²) in [5.74, 6) is -2.43. The van der Waals surface area contributed by atoms with Gasteiger partial charge in [0.1, 0.15) is 5.60 Å². The molecule has 6 atom stereocenters. The lowest BCUT2D eigenvalue weighted by atomic mass is 9.92. The zero-order valence-electron chi connectivity index (χ0n) is 19.3. The third-order valence-corrected chi connectivity index (χ3v) is 5.67. The molecule has 0 spiro atoms. The highest BCUT2D eigenvalue weighted by Gasteiger charge is 2.45. The predicted octanol–water partition coefficient (Wildman–Crippen LogP) is 0.736. The molecule has 1 aliphatic heterocycles. The Bertz CT molecular complexity index is 568. The molecule has 4 N–H and O–H groups in total. The number of nitrogens with zero attached hydrogens (tertiary/aromatic N) is 1. The Labute approximate surface area is 179 Å². The highest BCUT2D eigenvalue weighted by Crippen LogP contribution is 2.27. The summed E-state index contributed by atoms with van der Waals surface area (Å²) in [5, 5.41) is 24.3. The lowest BCUT2D eigenvalue weighted by Crippen LogP contribution is -2.48. The van der Waals surface area contributed by atoms with E-state index in [9.17, 15) is 24.6 Å². The van der Waals surface area contributed by atoms with E-state index in [1.54, 1.807) is 34.6 Å². The summed E-state index contributed by atoms with van der Waals surface area (Å²) in [5.41, 5.74) is -0.689.